The van der Waals surface area contributed by atoms with Gasteiger partial charge in [-0.2, -0.15) is 0 Å². The molecule has 368 valence electrons. The molecule has 12 atom stereocenters. The summed E-state index contributed by atoms with van der Waals surface area (Å²) in [6, 6.07) is 5.29. The summed E-state index contributed by atoms with van der Waals surface area (Å²) in [5, 5.41) is 21.6. The van der Waals surface area contributed by atoms with E-state index in [2.05, 4.69) is 21.3 Å². The highest BCUT2D eigenvalue weighted by Crippen LogP contribution is 2.43. The molecule has 3 saturated heterocycles. The fourth-order valence-corrected chi connectivity index (χ4v) is 10.6. The van der Waals surface area contributed by atoms with Crippen LogP contribution in [0.2, 0.25) is 0 Å². The molecule has 1 aliphatic carbocycles. The molecule has 2 bridgehead atoms. The van der Waals surface area contributed by atoms with Crippen molar-refractivity contribution in [3.8, 4) is 0 Å². The second kappa shape index (κ2) is 24.4. The van der Waals surface area contributed by atoms with Crippen LogP contribution in [0.5, 0.6) is 0 Å². The average molecular weight is 924 g/mol. The molecule has 1 aromatic rings. The lowest BCUT2D eigenvalue weighted by Crippen LogP contribution is -2.60. The molecular formula is C49H77N7O10. The first-order valence-electron chi connectivity index (χ1n) is 24.3. The number of likely N-dealkylation sites (tertiary alicyclic amines) is 2. The highest BCUT2D eigenvalue weighted by atomic mass is 16.5. The van der Waals surface area contributed by atoms with Crippen LogP contribution in [0.4, 0.5) is 0 Å². The van der Waals surface area contributed by atoms with Crippen molar-refractivity contribution in [3.05, 3.63) is 35.9 Å². The van der Waals surface area contributed by atoms with E-state index in [1.807, 2.05) is 58.0 Å². The maximum absolute atomic E-state index is 14.6. The van der Waals surface area contributed by atoms with E-state index in [9.17, 15) is 38.7 Å². The summed E-state index contributed by atoms with van der Waals surface area (Å²) in [5.74, 6) is -3.68. The molecule has 1 aromatic carbocycles. The van der Waals surface area contributed by atoms with Gasteiger partial charge in [0.1, 0.15) is 18.1 Å². The zero-order chi connectivity index (χ0) is 48.2. The highest BCUT2D eigenvalue weighted by Gasteiger charge is 2.52. The molecular weight excluding hydrogens is 847 g/mol. The average Bonchev–Trinajstić information content (AvgIpc) is 3.67. The Morgan fingerprint density at radius 3 is 2.24 bits per heavy atom. The van der Waals surface area contributed by atoms with Crippen molar-refractivity contribution in [1.29, 1.82) is 0 Å². The van der Waals surface area contributed by atoms with Crippen molar-refractivity contribution >= 4 is 41.4 Å². The molecule has 0 unspecified atom stereocenters. The monoisotopic (exact) mass is 924 g/mol. The Bertz CT molecular complexity index is 1830. The lowest BCUT2D eigenvalue weighted by atomic mass is 9.89. The maximum atomic E-state index is 14.6. The van der Waals surface area contributed by atoms with Crippen molar-refractivity contribution in [2.75, 3.05) is 40.9 Å². The fraction of sp³-hybridized carbons (Fsp3) is 0.735. The van der Waals surface area contributed by atoms with E-state index in [-0.39, 0.29) is 72.2 Å². The number of piperidine rings is 1. The number of unbranched alkanes of at least 4 members (excludes halogenated alkanes) is 2. The standard InChI is InChI=1S/C49H77N7O10/c1-9-30(4)42(38(65-7)27-40(58)55-24-16-19-37(55)44(66-8)31(5)45(59)52-35(49(63)64)25-32-17-12-10-13-18-32)54(6)48(62)41(29(2)3)53-47(61)43-33-21-22-34(26-33)56(43)39(57)20-14-11-15-23-50-46(60)36-28-51-36/h10,12-13,17-18,29-31,33-38,41-44,51H,9,11,14-16,19-28H2,1-8H3,(H,50,60)(H,52,59)(H,53,61)(H,63,64)/t30-,31+,33-,34+,35-,36-,37-,38+,41-,42-,43-,44+/m0/s1. The molecule has 5 N–H and O–H groups in total. The number of carboxylic acids is 1. The molecule has 6 amide bonds. The molecule has 4 fully saturated rings. The molecule has 0 aromatic heterocycles. The smallest absolute Gasteiger partial charge is 0.326 e. The predicted molar refractivity (Wildman–Crippen MR) is 248 cm³/mol. The zero-order valence-electron chi connectivity index (χ0n) is 40.5. The normalized spacial score (nSPS) is 24.2. The van der Waals surface area contributed by atoms with Crippen molar-refractivity contribution in [1.82, 2.24) is 36.0 Å². The third kappa shape index (κ3) is 13.1. The Hall–Kier alpha value is -4.61. The van der Waals surface area contributed by atoms with Crippen molar-refractivity contribution in [2.45, 2.75) is 166 Å². The van der Waals surface area contributed by atoms with E-state index < -0.39 is 60.2 Å². The number of ether oxygens (including phenoxy) is 2. The van der Waals surface area contributed by atoms with E-state index in [4.69, 9.17) is 9.47 Å². The van der Waals surface area contributed by atoms with Crippen LogP contribution in [-0.2, 0) is 49.5 Å². The second-order valence-electron chi connectivity index (χ2n) is 19.4. The number of benzene rings is 1. The summed E-state index contributed by atoms with van der Waals surface area (Å²) in [5.41, 5.74) is 0.773. The van der Waals surface area contributed by atoms with Gasteiger partial charge in [-0.05, 0) is 68.3 Å². The van der Waals surface area contributed by atoms with E-state index in [1.165, 1.54) is 14.2 Å². The van der Waals surface area contributed by atoms with E-state index in [0.29, 0.717) is 51.7 Å². The molecule has 17 heteroatoms. The quantitative estimate of drug-likeness (QED) is 0.0671. The number of methoxy groups -OCH3 is 2. The Morgan fingerprint density at radius 2 is 1.62 bits per heavy atom. The number of rotatable bonds is 26. The van der Waals surface area contributed by atoms with Crippen LogP contribution in [0.3, 0.4) is 0 Å². The number of aliphatic carboxylic acids is 1. The summed E-state index contributed by atoms with van der Waals surface area (Å²) < 4.78 is 12.0. The van der Waals surface area contributed by atoms with Crippen LogP contribution >= 0.6 is 0 Å². The Morgan fingerprint density at radius 1 is 0.909 bits per heavy atom. The fourth-order valence-electron chi connectivity index (χ4n) is 10.6. The molecule has 4 aliphatic rings. The number of hydrogen-bond acceptors (Lipinski definition) is 10. The molecule has 3 aliphatic heterocycles. The van der Waals surface area contributed by atoms with Crippen LogP contribution in [0.1, 0.15) is 111 Å². The molecule has 5 rings (SSSR count). The number of fused-ring (bicyclic) bond motifs is 2. The van der Waals surface area contributed by atoms with E-state index >= 15 is 0 Å². The second-order valence-corrected chi connectivity index (χ2v) is 19.4. The van der Waals surface area contributed by atoms with Gasteiger partial charge >= 0.3 is 5.97 Å². The van der Waals surface area contributed by atoms with Crippen molar-refractivity contribution in [3.63, 3.8) is 0 Å². The highest BCUT2D eigenvalue weighted by molar-refractivity contribution is 5.93. The van der Waals surface area contributed by atoms with Crippen LogP contribution in [-0.4, -0.2) is 157 Å². The molecule has 17 nitrogen and oxygen atoms in total. The topological polar surface area (TPSA) is 226 Å². The van der Waals surface area contributed by atoms with Gasteiger partial charge in [0.2, 0.25) is 35.4 Å². The van der Waals surface area contributed by atoms with E-state index in [0.717, 1.165) is 37.7 Å². The van der Waals surface area contributed by atoms with Gasteiger partial charge in [-0.15, -0.1) is 0 Å². The van der Waals surface area contributed by atoms with Gasteiger partial charge in [0, 0.05) is 59.8 Å². The van der Waals surface area contributed by atoms with Gasteiger partial charge in [0.05, 0.1) is 42.7 Å². The Labute approximate surface area is 391 Å². The van der Waals surface area contributed by atoms with Crippen LogP contribution in [0.25, 0.3) is 0 Å². The largest absolute Gasteiger partial charge is 0.480 e. The molecule has 0 radical (unpaired) electrons. The molecule has 3 heterocycles. The Balaban J connectivity index is 1.22. The number of carboxylic acid groups (broad SMARTS) is 1. The minimum atomic E-state index is -1.15. The summed E-state index contributed by atoms with van der Waals surface area (Å²) in [7, 11) is 4.71. The maximum Gasteiger partial charge on any atom is 0.326 e. The lowest BCUT2D eigenvalue weighted by molar-refractivity contribution is -0.149. The van der Waals surface area contributed by atoms with Gasteiger partial charge in [-0.3, -0.25) is 28.8 Å². The van der Waals surface area contributed by atoms with Crippen LogP contribution in [0, 0.1) is 23.7 Å². The first-order chi connectivity index (χ1) is 31.5. The van der Waals surface area contributed by atoms with Crippen molar-refractivity contribution in [2.24, 2.45) is 23.7 Å². The predicted octanol–water partition coefficient (Wildman–Crippen LogP) is 2.89. The summed E-state index contributed by atoms with van der Waals surface area (Å²) in [6.07, 6.45) is 5.55. The Kier molecular flexibility index (Phi) is 19.4. The third-order valence-electron chi connectivity index (χ3n) is 14.6. The van der Waals surface area contributed by atoms with Gasteiger partial charge in [0.25, 0.3) is 0 Å². The number of carbonyl (C=O) groups excluding carboxylic acids is 6. The summed E-state index contributed by atoms with van der Waals surface area (Å²) >= 11 is 0. The van der Waals surface area contributed by atoms with Gasteiger partial charge < -0.3 is 50.5 Å². The lowest BCUT2D eigenvalue weighted by Gasteiger charge is -2.41. The van der Waals surface area contributed by atoms with Crippen molar-refractivity contribution < 1.29 is 48.1 Å². The SMILES string of the molecule is CC[C@H](C)[C@@H]([C@@H](CC(=O)N1CCC[C@H]1[C@H](OC)[C@@H](C)C(=O)N[C@@H](Cc1ccccc1)C(=O)O)OC)N(C)C(=O)[C@@H](NC(=O)[C@@H]1[C@H]2CC[C@H](C2)N1C(=O)CCCCCNC(=O)[C@@H]1CN1)C(C)C. The van der Waals surface area contributed by atoms with Crippen LogP contribution < -0.4 is 21.3 Å². The summed E-state index contributed by atoms with van der Waals surface area (Å²) in [4.78, 5) is 99.8. The number of nitrogens with zero attached hydrogens (tertiary/aromatic N) is 3. The number of nitrogens with one attached hydrogen (secondary N) is 4. The third-order valence-corrected chi connectivity index (χ3v) is 14.6. The minimum Gasteiger partial charge on any atom is -0.480 e. The number of amides is 6. The summed E-state index contributed by atoms with van der Waals surface area (Å²) in [6.45, 7) is 11.2. The minimum absolute atomic E-state index is 0.00167. The zero-order valence-corrected chi connectivity index (χ0v) is 40.5. The van der Waals surface area contributed by atoms with Crippen LogP contribution in [0.15, 0.2) is 30.3 Å². The first kappa shape index (κ1) is 52.4. The number of likely N-dealkylation sites (N-methyl/N-ethyl adjacent to an activating group) is 1. The number of hydrogen-bond donors (Lipinski definition) is 5. The van der Waals surface area contributed by atoms with Gasteiger partial charge in [0.15, 0.2) is 0 Å². The van der Waals surface area contributed by atoms with Gasteiger partial charge in [-0.1, -0.05) is 77.8 Å². The molecule has 66 heavy (non-hydrogen) atoms. The van der Waals surface area contributed by atoms with Gasteiger partial charge in [-0.25, -0.2) is 4.79 Å². The number of carbonyl (C=O) groups is 7. The molecule has 0 spiro atoms. The molecule has 1 saturated carbocycles. The van der Waals surface area contributed by atoms with E-state index in [1.54, 1.807) is 28.7 Å². The first-order valence-corrected chi connectivity index (χ1v) is 24.3.